The van der Waals surface area contributed by atoms with Gasteiger partial charge in [-0.25, -0.2) is 13.1 Å². The Labute approximate surface area is 207 Å². The van der Waals surface area contributed by atoms with Crippen molar-refractivity contribution in [2.45, 2.75) is 18.7 Å². The molecule has 0 saturated heterocycles. The fourth-order valence-electron chi connectivity index (χ4n) is 3.56. The second kappa shape index (κ2) is 9.44. The maximum atomic E-state index is 13.0. The first-order chi connectivity index (χ1) is 16.6. The summed E-state index contributed by atoms with van der Waals surface area (Å²) in [6.07, 6.45) is 0. The molecule has 0 aliphatic rings. The summed E-state index contributed by atoms with van der Waals surface area (Å²) in [7, 11) is -2.13. The minimum Gasteiger partial charge on any atom is -0.316 e. The van der Waals surface area contributed by atoms with Gasteiger partial charge in [-0.05, 0) is 56.3 Å². The van der Waals surface area contributed by atoms with E-state index in [0.717, 1.165) is 5.56 Å². The van der Waals surface area contributed by atoms with Crippen LogP contribution in [0, 0.1) is 13.8 Å². The van der Waals surface area contributed by atoms with E-state index in [-0.39, 0.29) is 32.4 Å². The molecule has 3 aromatic carbocycles. The van der Waals surface area contributed by atoms with E-state index in [1.807, 2.05) is 25.1 Å². The molecule has 35 heavy (non-hydrogen) atoms. The SMILES string of the molecule is Cc1ccc(S(=O)(=O)Nc2ccc(C(=O)Nc3c(C)n(C)n(-c4ccccc4)c3=O)cc2Cl)cc1. The van der Waals surface area contributed by atoms with E-state index in [9.17, 15) is 18.0 Å². The van der Waals surface area contributed by atoms with Crippen molar-refractivity contribution in [1.29, 1.82) is 0 Å². The zero-order valence-corrected chi connectivity index (χ0v) is 20.8. The average Bonchev–Trinajstić information content (AvgIpc) is 3.04. The number of benzene rings is 3. The Kier molecular flexibility index (Phi) is 6.56. The molecule has 1 heterocycles. The molecule has 1 aromatic heterocycles. The quantitative estimate of drug-likeness (QED) is 0.398. The minimum absolute atomic E-state index is 0.0415. The molecule has 0 aliphatic heterocycles. The third-order valence-electron chi connectivity index (χ3n) is 5.60. The van der Waals surface area contributed by atoms with Gasteiger partial charge in [0.1, 0.15) is 5.69 Å². The number of amides is 1. The highest BCUT2D eigenvalue weighted by atomic mass is 35.5. The molecule has 0 bridgehead atoms. The molecule has 0 aliphatic carbocycles. The average molecular weight is 511 g/mol. The van der Waals surface area contributed by atoms with E-state index in [1.165, 1.54) is 35.0 Å². The summed E-state index contributed by atoms with van der Waals surface area (Å²) in [4.78, 5) is 26.0. The maximum Gasteiger partial charge on any atom is 0.295 e. The normalized spacial score (nSPS) is 11.3. The largest absolute Gasteiger partial charge is 0.316 e. The summed E-state index contributed by atoms with van der Waals surface area (Å²) in [6.45, 7) is 3.59. The number of anilines is 2. The predicted octanol–water partition coefficient (Wildman–Crippen LogP) is 4.50. The second-order valence-corrected chi connectivity index (χ2v) is 10.1. The number of carbonyl (C=O) groups is 1. The van der Waals surface area contributed by atoms with Crippen LogP contribution in [0.2, 0.25) is 5.02 Å². The molecular formula is C25H23ClN4O4S. The van der Waals surface area contributed by atoms with E-state index in [0.29, 0.717) is 11.4 Å². The monoisotopic (exact) mass is 510 g/mol. The van der Waals surface area contributed by atoms with E-state index in [4.69, 9.17) is 11.6 Å². The van der Waals surface area contributed by atoms with Crippen LogP contribution in [0.3, 0.4) is 0 Å². The lowest BCUT2D eigenvalue weighted by Gasteiger charge is -2.11. The minimum atomic E-state index is -3.86. The van der Waals surface area contributed by atoms with Gasteiger partial charge < -0.3 is 5.32 Å². The summed E-state index contributed by atoms with van der Waals surface area (Å²) in [6, 6.07) is 19.6. The zero-order valence-electron chi connectivity index (χ0n) is 19.2. The molecule has 0 fully saturated rings. The molecule has 4 aromatic rings. The number of para-hydroxylation sites is 1. The Hall–Kier alpha value is -3.82. The van der Waals surface area contributed by atoms with E-state index < -0.39 is 15.9 Å². The van der Waals surface area contributed by atoms with Crippen LogP contribution in [-0.4, -0.2) is 23.7 Å². The number of aromatic nitrogens is 2. The summed E-state index contributed by atoms with van der Waals surface area (Å²) < 4.78 is 30.9. The van der Waals surface area contributed by atoms with E-state index in [1.54, 1.807) is 42.9 Å². The van der Waals surface area contributed by atoms with Gasteiger partial charge in [0, 0.05) is 12.6 Å². The highest BCUT2D eigenvalue weighted by Crippen LogP contribution is 2.26. The van der Waals surface area contributed by atoms with Crippen LogP contribution in [0.25, 0.3) is 5.69 Å². The van der Waals surface area contributed by atoms with Gasteiger partial charge in [-0.15, -0.1) is 0 Å². The van der Waals surface area contributed by atoms with Crippen LogP contribution < -0.4 is 15.6 Å². The Bertz CT molecular complexity index is 1570. The van der Waals surface area contributed by atoms with E-state index >= 15 is 0 Å². The summed E-state index contributed by atoms with van der Waals surface area (Å²) in [5.41, 5.74) is 2.23. The van der Waals surface area contributed by atoms with Gasteiger partial charge in [0.15, 0.2) is 0 Å². The number of nitrogens with zero attached hydrogens (tertiary/aromatic N) is 2. The molecule has 0 atom stereocenters. The first kappa shape index (κ1) is 24.3. The molecule has 10 heteroatoms. The Morgan fingerprint density at radius 3 is 2.23 bits per heavy atom. The highest BCUT2D eigenvalue weighted by molar-refractivity contribution is 7.92. The Morgan fingerprint density at radius 1 is 0.943 bits per heavy atom. The van der Waals surface area contributed by atoms with Crippen LogP contribution in [0.15, 0.2) is 82.5 Å². The molecule has 0 unspecified atom stereocenters. The van der Waals surface area contributed by atoms with Gasteiger partial charge in [-0.2, -0.15) is 0 Å². The summed E-state index contributed by atoms with van der Waals surface area (Å²) in [5, 5.41) is 2.70. The number of halogens is 1. The first-order valence-electron chi connectivity index (χ1n) is 10.6. The fraction of sp³-hybridized carbons (Fsp3) is 0.120. The van der Waals surface area contributed by atoms with Gasteiger partial charge in [-0.1, -0.05) is 47.5 Å². The number of sulfonamides is 1. The third kappa shape index (κ3) is 4.87. The molecule has 8 nitrogen and oxygen atoms in total. The zero-order chi connectivity index (χ0) is 25.3. The lowest BCUT2D eigenvalue weighted by atomic mass is 10.2. The van der Waals surface area contributed by atoms with Gasteiger partial charge in [0.2, 0.25) is 0 Å². The Morgan fingerprint density at radius 2 is 1.60 bits per heavy atom. The summed E-state index contributed by atoms with van der Waals surface area (Å²) >= 11 is 6.29. The smallest absolute Gasteiger partial charge is 0.295 e. The first-order valence-corrected chi connectivity index (χ1v) is 12.5. The van der Waals surface area contributed by atoms with Crippen LogP contribution >= 0.6 is 11.6 Å². The van der Waals surface area contributed by atoms with Gasteiger partial charge >= 0.3 is 0 Å². The van der Waals surface area contributed by atoms with Crippen LogP contribution in [-0.2, 0) is 17.1 Å². The number of nitrogens with one attached hydrogen (secondary N) is 2. The number of hydrogen-bond acceptors (Lipinski definition) is 4. The van der Waals surface area contributed by atoms with Crippen LogP contribution in [0.5, 0.6) is 0 Å². The highest BCUT2D eigenvalue weighted by Gasteiger charge is 2.20. The standard InChI is InChI=1S/C25H23ClN4O4S/c1-16-9-12-20(13-10-16)35(33,34)28-22-14-11-18(15-21(22)26)24(31)27-23-17(2)29(3)30(25(23)32)19-7-5-4-6-8-19/h4-15,28H,1-3H3,(H,27,31). The van der Waals surface area contributed by atoms with Crippen molar-refractivity contribution in [2.24, 2.45) is 7.05 Å². The lowest BCUT2D eigenvalue weighted by molar-refractivity contribution is 0.102. The van der Waals surface area contributed by atoms with Crippen LogP contribution in [0.4, 0.5) is 11.4 Å². The molecule has 0 saturated carbocycles. The van der Waals surface area contributed by atoms with Crippen molar-refractivity contribution in [3.05, 3.63) is 105 Å². The van der Waals surface area contributed by atoms with Crippen molar-refractivity contribution in [2.75, 3.05) is 10.0 Å². The predicted molar refractivity (Wildman–Crippen MR) is 137 cm³/mol. The van der Waals surface area contributed by atoms with Crippen molar-refractivity contribution in [3.63, 3.8) is 0 Å². The Balaban J connectivity index is 1.58. The van der Waals surface area contributed by atoms with Crippen molar-refractivity contribution < 1.29 is 13.2 Å². The number of aryl methyl sites for hydroxylation is 1. The fourth-order valence-corrected chi connectivity index (χ4v) is 4.92. The van der Waals surface area contributed by atoms with Crippen LogP contribution in [0.1, 0.15) is 21.6 Å². The van der Waals surface area contributed by atoms with Crippen molar-refractivity contribution >= 4 is 38.9 Å². The summed E-state index contributed by atoms with van der Waals surface area (Å²) in [5.74, 6) is -0.550. The molecule has 0 radical (unpaired) electrons. The van der Waals surface area contributed by atoms with Crippen molar-refractivity contribution in [1.82, 2.24) is 9.36 Å². The topological polar surface area (TPSA) is 102 Å². The number of rotatable bonds is 6. The maximum absolute atomic E-state index is 13.0. The molecule has 180 valence electrons. The number of hydrogen-bond donors (Lipinski definition) is 2. The molecule has 1 amide bonds. The third-order valence-corrected chi connectivity index (χ3v) is 7.29. The number of carbonyl (C=O) groups excluding carboxylic acids is 1. The lowest BCUT2D eigenvalue weighted by Crippen LogP contribution is -2.23. The van der Waals surface area contributed by atoms with Gasteiger partial charge in [0.25, 0.3) is 21.5 Å². The molecule has 4 rings (SSSR count). The molecule has 0 spiro atoms. The van der Waals surface area contributed by atoms with Gasteiger partial charge in [0.05, 0.1) is 27.0 Å². The molecule has 2 N–H and O–H groups in total. The van der Waals surface area contributed by atoms with Gasteiger partial charge in [-0.3, -0.25) is 19.0 Å². The second-order valence-electron chi connectivity index (χ2n) is 8.00. The van der Waals surface area contributed by atoms with E-state index in [2.05, 4.69) is 10.0 Å². The van der Waals surface area contributed by atoms with Crippen molar-refractivity contribution in [3.8, 4) is 5.69 Å². The molecular weight excluding hydrogens is 488 g/mol.